The number of ether oxygens (including phenoxy) is 1. The van der Waals surface area contributed by atoms with Crippen LogP contribution in [0.25, 0.3) is 5.57 Å². The third kappa shape index (κ3) is 3.18. The van der Waals surface area contributed by atoms with Crippen LogP contribution in [0.15, 0.2) is 41.2 Å². The molecule has 1 aromatic carbocycles. The molecule has 2 N–H and O–H groups in total. The molecule has 0 bridgehead atoms. The average Bonchev–Trinajstić information content (AvgIpc) is 3.25. The lowest BCUT2D eigenvalue weighted by molar-refractivity contribution is -0.119. The van der Waals surface area contributed by atoms with Crippen LogP contribution < -0.4 is 15.6 Å². The Morgan fingerprint density at radius 1 is 1.07 bits per heavy atom. The molecular formula is C22H22N2O3. The zero-order valence-electron chi connectivity index (χ0n) is 15.1. The van der Waals surface area contributed by atoms with Crippen LogP contribution in [-0.2, 0) is 11.2 Å². The van der Waals surface area contributed by atoms with Crippen molar-refractivity contribution in [3.8, 4) is 5.75 Å². The van der Waals surface area contributed by atoms with Gasteiger partial charge in [-0.2, -0.15) is 0 Å². The molecule has 1 amide bonds. The second-order valence-electron chi connectivity index (χ2n) is 7.64. The number of rotatable bonds is 4. The van der Waals surface area contributed by atoms with Gasteiger partial charge in [0.1, 0.15) is 5.75 Å². The van der Waals surface area contributed by atoms with E-state index >= 15 is 0 Å². The Labute approximate surface area is 157 Å². The second kappa shape index (κ2) is 6.41. The standard InChI is InChI=1S/C22H22N2O3/c25-21-8-4-16(23-21)12-18(14-3-7-20-15(11-14)9-10-27-20)19-6-5-17(13-1-2-13)22(26)24-19/h3,5-7,11-13,16H,1-2,4,8-10H2,(H,23,25)(H,24,26)/b18-12-/t16-/m1/s1. The number of carbonyl (C=O) groups is 1. The Bertz CT molecular complexity index is 1000. The number of benzene rings is 1. The Morgan fingerprint density at radius 3 is 2.70 bits per heavy atom. The van der Waals surface area contributed by atoms with Crippen LogP contribution in [0.1, 0.15) is 54.0 Å². The highest BCUT2D eigenvalue weighted by Gasteiger charge is 2.27. The van der Waals surface area contributed by atoms with Gasteiger partial charge < -0.3 is 15.0 Å². The molecule has 2 fully saturated rings. The minimum atomic E-state index is -0.0105. The first-order valence-electron chi connectivity index (χ1n) is 9.68. The van der Waals surface area contributed by atoms with Gasteiger partial charge in [0.15, 0.2) is 0 Å². The Hall–Kier alpha value is -2.82. The maximum atomic E-state index is 12.6. The minimum Gasteiger partial charge on any atom is -0.493 e. The molecule has 2 aliphatic heterocycles. The number of fused-ring (bicyclic) bond motifs is 1. The quantitative estimate of drug-likeness (QED) is 0.879. The smallest absolute Gasteiger partial charge is 0.251 e. The van der Waals surface area contributed by atoms with Crippen LogP contribution in [0, 0.1) is 0 Å². The number of nitrogens with one attached hydrogen (secondary N) is 2. The number of hydrogen-bond acceptors (Lipinski definition) is 3. The number of H-pyrrole nitrogens is 1. The molecule has 5 nitrogen and oxygen atoms in total. The van der Waals surface area contributed by atoms with Crippen LogP contribution in [0.5, 0.6) is 5.75 Å². The maximum Gasteiger partial charge on any atom is 0.251 e. The lowest BCUT2D eigenvalue weighted by Gasteiger charge is -2.13. The van der Waals surface area contributed by atoms with E-state index in [9.17, 15) is 9.59 Å². The van der Waals surface area contributed by atoms with E-state index in [-0.39, 0.29) is 17.5 Å². The van der Waals surface area contributed by atoms with Crippen LogP contribution in [0.3, 0.4) is 0 Å². The molecule has 1 aliphatic carbocycles. The van der Waals surface area contributed by atoms with Gasteiger partial charge in [0.05, 0.1) is 6.61 Å². The highest BCUT2D eigenvalue weighted by Crippen LogP contribution is 2.38. The van der Waals surface area contributed by atoms with E-state index < -0.39 is 0 Å². The molecule has 0 radical (unpaired) electrons. The summed E-state index contributed by atoms with van der Waals surface area (Å²) in [5.41, 5.74) is 4.86. The van der Waals surface area contributed by atoms with E-state index in [1.165, 1.54) is 5.56 Å². The molecule has 1 atom stereocenters. The van der Waals surface area contributed by atoms with Crippen LogP contribution >= 0.6 is 0 Å². The molecule has 0 unspecified atom stereocenters. The van der Waals surface area contributed by atoms with E-state index in [4.69, 9.17) is 4.74 Å². The van der Waals surface area contributed by atoms with E-state index in [1.54, 1.807) is 0 Å². The summed E-state index contributed by atoms with van der Waals surface area (Å²) in [5.74, 6) is 1.43. The molecule has 1 saturated heterocycles. The molecule has 138 valence electrons. The lowest BCUT2D eigenvalue weighted by Crippen LogP contribution is -2.23. The summed E-state index contributed by atoms with van der Waals surface area (Å²) in [6.07, 6.45) is 6.50. The van der Waals surface area contributed by atoms with Crippen molar-refractivity contribution in [2.24, 2.45) is 0 Å². The number of aromatic nitrogens is 1. The van der Waals surface area contributed by atoms with E-state index in [0.717, 1.165) is 53.8 Å². The molecule has 2 aromatic rings. The van der Waals surface area contributed by atoms with Gasteiger partial charge in [-0.15, -0.1) is 0 Å². The van der Waals surface area contributed by atoms with Crippen molar-refractivity contribution in [3.63, 3.8) is 0 Å². The second-order valence-corrected chi connectivity index (χ2v) is 7.64. The van der Waals surface area contributed by atoms with Crippen molar-refractivity contribution in [2.75, 3.05) is 6.61 Å². The Morgan fingerprint density at radius 2 is 1.96 bits per heavy atom. The molecule has 0 spiro atoms. The van der Waals surface area contributed by atoms with Gasteiger partial charge in [0, 0.05) is 35.7 Å². The maximum absolute atomic E-state index is 12.6. The zero-order valence-corrected chi connectivity index (χ0v) is 15.1. The minimum absolute atomic E-state index is 0.000788. The van der Waals surface area contributed by atoms with Crippen molar-refractivity contribution in [2.45, 2.75) is 44.1 Å². The summed E-state index contributed by atoms with van der Waals surface area (Å²) in [6.45, 7) is 0.712. The van der Waals surface area contributed by atoms with Gasteiger partial charge in [-0.25, -0.2) is 0 Å². The van der Waals surface area contributed by atoms with Crippen LogP contribution in [0.2, 0.25) is 0 Å². The first-order chi connectivity index (χ1) is 13.2. The van der Waals surface area contributed by atoms with Gasteiger partial charge in [0.25, 0.3) is 5.56 Å². The number of aromatic amines is 1. The first-order valence-corrected chi connectivity index (χ1v) is 9.68. The largest absolute Gasteiger partial charge is 0.493 e. The fourth-order valence-corrected chi connectivity index (χ4v) is 4.02. The third-order valence-electron chi connectivity index (χ3n) is 5.64. The zero-order chi connectivity index (χ0) is 18.4. The molecule has 5 heteroatoms. The van der Waals surface area contributed by atoms with Gasteiger partial charge in [-0.05, 0) is 54.5 Å². The van der Waals surface area contributed by atoms with E-state index in [0.29, 0.717) is 18.9 Å². The summed E-state index contributed by atoms with van der Waals surface area (Å²) >= 11 is 0. The average molecular weight is 362 g/mol. The Balaban J connectivity index is 1.58. The summed E-state index contributed by atoms with van der Waals surface area (Å²) in [6, 6.07) is 10.1. The van der Waals surface area contributed by atoms with Gasteiger partial charge in [0.2, 0.25) is 5.91 Å². The van der Waals surface area contributed by atoms with E-state index in [1.807, 2.05) is 24.3 Å². The number of pyridine rings is 1. The van der Waals surface area contributed by atoms with Crippen LogP contribution in [0.4, 0.5) is 0 Å². The SMILES string of the molecule is O=C1CC[C@H](/C=C(/c2ccc3c(c2)CCO3)c2ccc(C3CC3)c(=O)[nH]2)N1. The highest BCUT2D eigenvalue weighted by molar-refractivity contribution is 5.82. The molecule has 1 aromatic heterocycles. The molecule has 1 saturated carbocycles. The van der Waals surface area contributed by atoms with Gasteiger partial charge >= 0.3 is 0 Å². The monoisotopic (exact) mass is 362 g/mol. The van der Waals surface area contributed by atoms with Crippen LogP contribution in [-0.4, -0.2) is 23.5 Å². The third-order valence-corrected chi connectivity index (χ3v) is 5.64. The predicted molar refractivity (Wildman–Crippen MR) is 103 cm³/mol. The number of carbonyl (C=O) groups excluding carboxylic acids is 1. The van der Waals surface area contributed by atoms with E-state index in [2.05, 4.69) is 22.4 Å². The highest BCUT2D eigenvalue weighted by atomic mass is 16.5. The number of amides is 1. The molecule has 3 aliphatic rings. The molecule has 5 rings (SSSR count). The summed E-state index contributed by atoms with van der Waals surface area (Å²) in [7, 11) is 0. The van der Waals surface area contributed by atoms with Gasteiger partial charge in [-0.1, -0.05) is 18.2 Å². The van der Waals surface area contributed by atoms with Crippen molar-refractivity contribution >= 4 is 11.5 Å². The predicted octanol–water partition coefficient (Wildman–Crippen LogP) is 2.90. The molecular weight excluding hydrogens is 340 g/mol. The molecule has 3 heterocycles. The number of hydrogen-bond donors (Lipinski definition) is 2. The van der Waals surface area contributed by atoms with Gasteiger partial charge in [-0.3, -0.25) is 9.59 Å². The molecule has 27 heavy (non-hydrogen) atoms. The van der Waals surface area contributed by atoms with Crippen molar-refractivity contribution in [1.82, 2.24) is 10.3 Å². The Kier molecular flexibility index (Phi) is 3.88. The fourth-order valence-electron chi connectivity index (χ4n) is 4.02. The summed E-state index contributed by atoms with van der Waals surface area (Å²) in [4.78, 5) is 27.3. The topological polar surface area (TPSA) is 71.2 Å². The van der Waals surface area contributed by atoms with Crippen molar-refractivity contribution in [3.05, 3.63) is 69.1 Å². The summed E-state index contributed by atoms with van der Waals surface area (Å²) in [5, 5.41) is 3.00. The summed E-state index contributed by atoms with van der Waals surface area (Å²) < 4.78 is 5.62. The normalized spacial score (nSPS) is 21.7. The van der Waals surface area contributed by atoms with Crippen molar-refractivity contribution < 1.29 is 9.53 Å². The first kappa shape index (κ1) is 16.4. The van der Waals surface area contributed by atoms with Crippen molar-refractivity contribution in [1.29, 1.82) is 0 Å². The lowest BCUT2D eigenvalue weighted by atomic mass is 9.96. The fraction of sp³-hybridized carbons (Fsp3) is 0.364.